The van der Waals surface area contributed by atoms with Gasteiger partial charge in [0.05, 0.1) is 12.1 Å². The van der Waals surface area contributed by atoms with Crippen LogP contribution >= 0.6 is 0 Å². The summed E-state index contributed by atoms with van der Waals surface area (Å²) in [6.45, 7) is 6.89. The molecule has 0 spiro atoms. The van der Waals surface area contributed by atoms with Crippen LogP contribution in [-0.4, -0.2) is 42.0 Å². The molecule has 16 heavy (non-hydrogen) atoms. The van der Waals surface area contributed by atoms with Crippen LogP contribution < -0.4 is 10.6 Å². The van der Waals surface area contributed by atoms with E-state index in [1.165, 1.54) is 0 Å². The third-order valence-electron chi connectivity index (χ3n) is 2.54. The lowest BCUT2D eigenvalue weighted by Gasteiger charge is -2.37. The van der Waals surface area contributed by atoms with Gasteiger partial charge in [0.1, 0.15) is 5.60 Å². The molecule has 1 aliphatic heterocycles. The summed E-state index contributed by atoms with van der Waals surface area (Å²) in [6.07, 6.45) is 1.25. The Morgan fingerprint density at radius 1 is 1.56 bits per heavy atom. The molecule has 1 saturated heterocycles. The first-order valence-corrected chi connectivity index (χ1v) is 5.70. The zero-order valence-corrected chi connectivity index (χ0v) is 10.3. The lowest BCUT2D eigenvalue weighted by molar-refractivity contribution is 0.0364. The highest BCUT2D eigenvalue weighted by molar-refractivity contribution is 5.68. The number of ether oxygens (including phenoxy) is 1. The van der Waals surface area contributed by atoms with E-state index in [1.54, 1.807) is 0 Å². The molecule has 0 aromatic heterocycles. The average Bonchev–Trinajstić information content (AvgIpc) is 2.16. The minimum absolute atomic E-state index is 0.0702. The van der Waals surface area contributed by atoms with E-state index in [-0.39, 0.29) is 6.61 Å². The number of hydrogen-bond donors (Lipinski definition) is 3. The molecule has 3 N–H and O–H groups in total. The number of aliphatic hydroxyl groups excluding tert-OH is 1. The molecule has 1 heterocycles. The van der Waals surface area contributed by atoms with Crippen LogP contribution in [0.2, 0.25) is 0 Å². The van der Waals surface area contributed by atoms with Gasteiger partial charge in [0.2, 0.25) is 0 Å². The first kappa shape index (κ1) is 13.3. The highest BCUT2D eigenvalue weighted by Crippen LogP contribution is 2.16. The minimum atomic E-state index is -0.569. The molecule has 5 nitrogen and oxygen atoms in total. The van der Waals surface area contributed by atoms with Gasteiger partial charge in [-0.15, -0.1) is 0 Å². The minimum Gasteiger partial charge on any atom is -0.444 e. The van der Waals surface area contributed by atoms with Crippen molar-refractivity contribution in [3.8, 4) is 0 Å². The summed E-state index contributed by atoms with van der Waals surface area (Å²) < 4.78 is 5.18. The van der Waals surface area contributed by atoms with Crippen molar-refractivity contribution in [2.75, 3.05) is 19.7 Å². The van der Waals surface area contributed by atoms with E-state index in [9.17, 15) is 9.90 Å². The van der Waals surface area contributed by atoms with E-state index in [0.29, 0.717) is 6.54 Å². The van der Waals surface area contributed by atoms with Gasteiger partial charge in [-0.2, -0.15) is 0 Å². The third kappa shape index (κ3) is 3.98. The fraction of sp³-hybridized carbons (Fsp3) is 0.909. The fourth-order valence-corrected chi connectivity index (χ4v) is 1.77. The van der Waals surface area contributed by atoms with Crippen LogP contribution in [0.5, 0.6) is 0 Å². The molecular formula is C11H22N2O3. The van der Waals surface area contributed by atoms with E-state index >= 15 is 0 Å². The van der Waals surface area contributed by atoms with Crippen molar-refractivity contribution >= 4 is 6.09 Å². The molecule has 1 fully saturated rings. The van der Waals surface area contributed by atoms with Crippen molar-refractivity contribution < 1.29 is 14.6 Å². The second-order valence-corrected chi connectivity index (χ2v) is 5.35. The van der Waals surface area contributed by atoms with Gasteiger partial charge in [-0.25, -0.2) is 4.79 Å². The Bertz CT molecular complexity index is 242. The number of aliphatic hydroxyl groups is 1. The number of hydrogen-bond acceptors (Lipinski definition) is 4. The molecule has 94 valence electrons. The van der Waals surface area contributed by atoms with Gasteiger partial charge < -0.3 is 20.5 Å². The monoisotopic (exact) mass is 230 g/mol. The van der Waals surface area contributed by atoms with Crippen LogP contribution in [0.1, 0.15) is 33.6 Å². The largest absolute Gasteiger partial charge is 0.444 e. The number of amides is 1. The summed E-state index contributed by atoms with van der Waals surface area (Å²) in [5, 5.41) is 15.3. The normalized spacial score (nSPS) is 26.2. The first-order valence-electron chi connectivity index (χ1n) is 5.70. The lowest BCUT2D eigenvalue weighted by Crippen LogP contribution is -2.60. The van der Waals surface area contributed by atoms with E-state index in [1.807, 2.05) is 20.8 Å². The van der Waals surface area contributed by atoms with E-state index in [2.05, 4.69) is 10.6 Å². The van der Waals surface area contributed by atoms with E-state index in [4.69, 9.17) is 4.74 Å². The van der Waals surface area contributed by atoms with E-state index in [0.717, 1.165) is 19.4 Å². The quantitative estimate of drug-likeness (QED) is 0.650. The molecular weight excluding hydrogens is 208 g/mol. The number of rotatable bonds is 2. The SMILES string of the molecule is CC(C)(C)OC(=O)N[C@]1(CO)CCCNC1. The number of piperidine rings is 1. The summed E-state index contributed by atoms with van der Waals surface area (Å²) in [7, 11) is 0. The lowest BCUT2D eigenvalue weighted by atomic mass is 9.91. The zero-order chi connectivity index (χ0) is 12.2. The number of carbonyl (C=O) groups is 1. The average molecular weight is 230 g/mol. The highest BCUT2D eigenvalue weighted by Gasteiger charge is 2.34. The van der Waals surface area contributed by atoms with Gasteiger partial charge in [0.15, 0.2) is 0 Å². The topological polar surface area (TPSA) is 70.6 Å². The van der Waals surface area contributed by atoms with Crippen molar-refractivity contribution in [2.45, 2.75) is 44.8 Å². The molecule has 1 aliphatic rings. The number of nitrogens with one attached hydrogen (secondary N) is 2. The van der Waals surface area contributed by atoms with E-state index < -0.39 is 17.2 Å². The predicted molar refractivity (Wildman–Crippen MR) is 61.3 cm³/mol. The molecule has 1 rings (SSSR count). The summed E-state index contributed by atoms with van der Waals surface area (Å²) >= 11 is 0. The van der Waals surface area contributed by atoms with Gasteiger partial charge in [-0.1, -0.05) is 0 Å². The molecule has 0 aromatic rings. The van der Waals surface area contributed by atoms with Crippen LogP contribution in [-0.2, 0) is 4.74 Å². The Kier molecular flexibility index (Phi) is 4.15. The molecule has 0 bridgehead atoms. The first-order chi connectivity index (χ1) is 7.37. The zero-order valence-electron chi connectivity index (χ0n) is 10.3. The molecule has 1 amide bonds. The Morgan fingerprint density at radius 3 is 2.69 bits per heavy atom. The Labute approximate surface area is 96.6 Å². The molecule has 0 unspecified atom stereocenters. The summed E-state index contributed by atoms with van der Waals surface area (Å²) in [6, 6.07) is 0. The third-order valence-corrected chi connectivity index (χ3v) is 2.54. The Balaban J connectivity index is 2.52. The van der Waals surface area contributed by atoms with Gasteiger partial charge in [0, 0.05) is 6.54 Å². The maximum Gasteiger partial charge on any atom is 0.408 e. The van der Waals surface area contributed by atoms with Gasteiger partial charge in [-0.05, 0) is 40.2 Å². The summed E-state index contributed by atoms with van der Waals surface area (Å²) in [4.78, 5) is 11.6. The summed E-state index contributed by atoms with van der Waals surface area (Å²) in [5.74, 6) is 0. The molecule has 0 aromatic carbocycles. The predicted octanol–water partition coefficient (Wildman–Crippen LogP) is 0.626. The van der Waals surface area contributed by atoms with Gasteiger partial charge >= 0.3 is 6.09 Å². The maximum absolute atomic E-state index is 11.6. The fourth-order valence-electron chi connectivity index (χ4n) is 1.77. The van der Waals surface area contributed by atoms with Crippen molar-refractivity contribution in [2.24, 2.45) is 0 Å². The Hall–Kier alpha value is -0.810. The van der Waals surface area contributed by atoms with Crippen molar-refractivity contribution in [3.63, 3.8) is 0 Å². The molecule has 0 saturated carbocycles. The standard InChI is InChI=1S/C11H22N2O3/c1-10(2,3)16-9(15)13-11(8-14)5-4-6-12-7-11/h12,14H,4-8H2,1-3H3,(H,13,15)/t11-/m1/s1. The molecule has 0 radical (unpaired) electrons. The van der Waals surface area contributed by atoms with Crippen LogP contribution in [0.15, 0.2) is 0 Å². The van der Waals surface area contributed by atoms with Crippen LogP contribution in [0.25, 0.3) is 0 Å². The van der Waals surface area contributed by atoms with Crippen LogP contribution in [0, 0.1) is 0 Å². The van der Waals surface area contributed by atoms with Crippen LogP contribution in [0.4, 0.5) is 4.79 Å². The van der Waals surface area contributed by atoms with Crippen molar-refractivity contribution in [1.29, 1.82) is 0 Å². The van der Waals surface area contributed by atoms with Crippen molar-refractivity contribution in [1.82, 2.24) is 10.6 Å². The smallest absolute Gasteiger partial charge is 0.408 e. The second-order valence-electron chi connectivity index (χ2n) is 5.35. The van der Waals surface area contributed by atoms with Crippen LogP contribution in [0.3, 0.4) is 0 Å². The molecule has 5 heteroatoms. The second kappa shape index (κ2) is 5.01. The van der Waals surface area contributed by atoms with Gasteiger partial charge in [-0.3, -0.25) is 0 Å². The number of carbonyl (C=O) groups excluding carboxylic acids is 1. The summed E-state index contributed by atoms with van der Waals surface area (Å²) in [5.41, 5.74) is -1.08. The molecule has 1 atom stereocenters. The van der Waals surface area contributed by atoms with Crippen molar-refractivity contribution in [3.05, 3.63) is 0 Å². The number of alkyl carbamates (subject to hydrolysis) is 1. The highest BCUT2D eigenvalue weighted by atomic mass is 16.6. The van der Waals surface area contributed by atoms with Gasteiger partial charge in [0.25, 0.3) is 0 Å². The molecule has 0 aliphatic carbocycles. The Morgan fingerprint density at radius 2 is 2.25 bits per heavy atom. The maximum atomic E-state index is 11.6.